The van der Waals surface area contributed by atoms with Crippen molar-refractivity contribution in [2.75, 3.05) is 7.05 Å². The van der Waals surface area contributed by atoms with Crippen LogP contribution in [-0.4, -0.2) is 24.0 Å². The Morgan fingerprint density at radius 3 is 2.71 bits per heavy atom. The number of benzene rings is 2. The Balaban J connectivity index is 0.000000491. The molecule has 1 amide bonds. The van der Waals surface area contributed by atoms with Gasteiger partial charge in [-0.3, -0.25) is 4.79 Å². The first-order valence-electron chi connectivity index (χ1n) is 10.4. The summed E-state index contributed by atoms with van der Waals surface area (Å²) in [6.45, 7) is 5.39. The maximum absolute atomic E-state index is 9.70. The SMILES string of the molecule is CC(C)Oc1ccc(-c2ncc(-c3cccc4c3CCC4)s2)cc1C#N.CNC(C)=O. The average Bonchev–Trinajstić information content (AvgIpc) is 3.43. The number of hydrogen-bond donors (Lipinski definition) is 1. The van der Waals surface area contributed by atoms with Crippen molar-refractivity contribution in [3.05, 3.63) is 59.3 Å². The van der Waals surface area contributed by atoms with Gasteiger partial charge in [-0.15, -0.1) is 11.3 Å². The van der Waals surface area contributed by atoms with Gasteiger partial charge in [-0.1, -0.05) is 18.2 Å². The molecule has 1 aliphatic carbocycles. The number of fused-ring (bicyclic) bond motifs is 1. The van der Waals surface area contributed by atoms with E-state index in [1.165, 1.54) is 41.3 Å². The number of nitriles is 1. The maximum atomic E-state index is 9.70. The highest BCUT2D eigenvalue weighted by Gasteiger charge is 2.17. The molecule has 0 unspecified atom stereocenters. The third-order valence-electron chi connectivity index (χ3n) is 4.98. The second kappa shape index (κ2) is 10.2. The summed E-state index contributed by atoms with van der Waals surface area (Å²) < 4.78 is 5.71. The van der Waals surface area contributed by atoms with Gasteiger partial charge in [0.15, 0.2) is 0 Å². The summed E-state index contributed by atoms with van der Waals surface area (Å²) in [5, 5.41) is 12.8. The van der Waals surface area contributed by atoms with Crippen LogP contribution < -0.4 is 10.1 Å². The minimum Gasteiger partial charge on any atom is -0.490 e. The molecule has 0 saturated carbocycles. The molecule has 4 rings (SSSR count). The minimum atomic E-state index is 0.00463. The first kappa shape index (κ1) is 22.5. The molecule has 0 radical (unpaired) electrons. The van der Waals surface area contributed by atoms with Gasteiger partial charge in [-0.2, -0.15) is 5.26 Å². The summed E-state index contributed by atoms with van der Waals surface area (Å²) in [7, 11) is 1.60. The van der Waals surface area contributed by atoms with Gasteiger partial charge in [0.1, 0.15) is 16.8 Å². The number of nitrogens with zero attached hydrogens (tertiary/aromatic N) is 2. The summed E-state index contributed by atoms with van der Waals surface area (Å²) in [5.41, 5.74) is 5.76. The van der Waals surface area contributed by atoms with Crippen LogP contribution in [0.3, 0.4) is 0 Å². The first-order chi connectivity index (χ1) is 14.9. The van der Waals surface area contributed by atoms with Gasteiger partial charge in [0.05, 0.1) is 16.5 Å². The molecule has 1 aliphatic rings. The van der Waals surface area contributed by atoms with Crippen LogP contribution in [0.25, 0.3) is 21.0 Å². The van der Waals surface area contributed by atoms with Crippen molar-refractivity contribution in [2.45, 2.75) is 46.1 Å². The maximum Gasteiger partial charge on any atom is 0.216 e. The number of carbonyl (C=O) groups is 1. The number of rotatable bonds is 4. The molecule has 0 spiro atoms. The molecule has 3 aromatic rings. The topological polar surface area (TPSA) is 75.0 Å². The number of thiazole rings is 1. The van der Waals surface area contributed by atoms with E-state index in [4.69, 9.17) is 4.74 Å². The van der Waals surface area contributed by atoms with Crippen molar-refractivity contribution < 1.29 is 9.53 Å². The number of amides is 1. The van der Waals surface area contributed by atoms with Crippen molar-refractivity contribution in [1.82, 2.24) is 10.3 Å². The summed E-state index contributed by atoms with van der Waals surface area (Å²) >= 11 is 1.68. The van der Waals surface area contributed by atoms with Crippen LogP contribution in [0, 0.1) is 11.3 Å². The Bertz CT molecular complexity index is 1110. The van der Waals surface area contributed by atoms with Crippen LogP contribution in [0.4, 0.5) is 0 Å². The van der Waals surface area contributed by atoms with Gasteiger partial charge in [0.25, 0.3) is 0 Å². The zero-order valence-corrected chi connectivity index (χ0v) is 19.2. The normalized spacial score (nSPS) is 11.9. The van der Waals surface area contributed by atoms with E-state index in [0.29, 0.717) is 11.3 Å². The van der Waals surface area contributed by atoms with Crippen LogP contribution in [0.2, 0.25) is 0 Å². The fraction of sp³-hybridized carbons (Fsp3) is 0.320. The first-order valence-corrected chi connectivity index (χ1v) is 11.2. The molecule has 1 heterocycles. The zero-order valence-electron chi connectivity index (χ0n) is 18.4. The molecule has 160 valence electrons. The molecule has 5 nitrogen and oxygen atoms in total. The fourth-order valence-electron chi connectivity index (χ4n) is 3.49. The predicted molar refractivity (Wildman–Crippen MR) is 125 cm³/mol. The van der Waals surface area contributed by atoms with Gasteiger partial charge in [0, 0.05) is 25.7 Å². The Hall–Kier alpha value is -3.17. The molecule has 0 fully saturated rings. The second-order valence-corrected chi connectivity index (χ2v) is 8.65. The van der Waals surface area contributed by atoms with Gasteiger partial charge in [-0.25, -0.2) is 4.98 Å². The van der Waals surface area contributed by atoms with Crippen molar-refractivity contribution >= 4 is 17.2 Å². The largest absolute Gasteiger partial charge is 0.490 e. The zero-order chi connectivity index (χ0) is 22.4. The van der Waals surface area contributed by atoms with E-state index in [1.807, 2.05) is 38.2 Å². The number of nitrogens with one attached hydrogen (secondary N) is 1. The number of aromatic nitrogens is 1. The lowest BCUT2D eigenvalue weighted by molar-refractivity contribution is -0.118. The van der Waals surface area contributed by atoms with Gasteiger partial charge in [0.2, 0.25) is 5.91 Å². The van der Waals surface area contributed by atoms with E-state index in [0.717, 1.165) is 17.0 Å². The van der Waals surface area contributed by atoms with Crippen molar-refractivity contribution in [2.24, 2.45) is 0 Å². The van der Waals surface area contributed by atoms with Crippen LogP contribution in [0.1, 0.15) is 43.9 Å². The van der Waals surface area contributed by atoms with Gasteiger partial charge < -0.3 is 10.1 Å². The summed E-state index contributed by atoms with van der Waals surface area (Å²) in [6, 6.07) is 14.5. The van der Waals surface area contributed by atoms with Crippen LogP contribution in [0.15, 0.2) is 42.6 Å². The molecular weight excluding hydrogens is 406 g/mol. The molecule has 2 aromatic carbocycles. The fourth-order valence-corrected chi connectivity index (χ4v) is 4.45. The van der Waals surface area contributed by atoms with E-state index in [1.54, 1.807) is 18.4 Å². The number of ether oxygens (including phenoxy) is 1. The number of aryl methyl sites for hydroxylation is 1. The molecule has 1 N–H and O–H groups in total. The quantitative estimate of drug-likeness (QED) is 0.600. The summed E-state index contributed by atoms with van der Waals surface area (Å²) in [4.78, 5) is 15.5. The third-order valence-corrected chi connectivity index (χ3v) is 6.06. The third kappa shape index (κ3) is 5.50. The van der Waals surface area contributed by atoms with Crippen molar-refractivity contribution in [1.29, 1.82) is 5.26 Å². The Kier molecular flexibility index (Phi) is 7.43. The van der Waals surface area contributed by atoms with E-state index < -0.39 is 0 Å². The van der Waals surface area contributed by atoms with E-state index in [9.17, 15) is 10.1 Å². The van der Waals surface area contributed by atoms with Crippen molar-refractivity contribution in [3.8, 4) is 32.8 Å². The molecular formula is C25H27N3O2S. The smallest absolute Gasteiger partial charge is 0.216 e. The van der Waals surface area contributed by atoms with Gasteiger partial charge >= 0.3 is 0 Å². The Morgan fingerprint density at radius 1 is 1.26 bits per heavy atom. The lowest BCUT2D eigenvalue weighted by Crippen LogP contribution is -2.11. The van der Waals surface area contributed by atoms with E-state index in [-0.39, 0.29) is 12.0 Å². The van der Waals surface area contributed by atoms with Crippen molar-refractivity contribution in [3.63, 3.8) is 0 Å². The Morgan fingerprint density at radius 2 is 2.03 bits per heavy atom. The van der Waals surface area contributed by atoms with Crippen LogP contribution >= 0.6 is 11.3 Å². The summed E-state index contributed by atoms with van der Waals surface area (Å²) in [5.74, 6) is 0.633. The van der Waals surface area contributed by atoms with E-state index >= 15 is 0 Å². The molecule has 0 atom stereocenters. The highest BCUT2D eigenvalue weighted by molar-refractivity contribution is 7.18. The summed E-state index contributed by atoms with van der Waals surface area (Å²) in [6.07, 6.45) is 5.56. The standard InChI is InChI=1S/C22H20N2OS.C3H7NO/c1-14(2)25-20-10-9-16(11-17(20)12-23)22-24-13-21(26-22)19-8-4-6-15-5-3-7-18(15)19;1-3(5)4-2/h4,6,8-11,13-14H,3,5,7H2,1-2H3;1-2H3,(H,4,5). The molecule has 6 heteroatoms. The molecule has 0 aliphatic heterocycles. The number of hydrogen-bond acceptors (Lipinski definition) is 5. The Labute approximate surface area is 187 Å². The highest BCUT2D eigenvalue weighted by Crippen LogP contribution is 2.38. The van der Waals surface area contributed by atoms with Crippen LogP contribution in [0.5, 0.6) is 5.75 Å². The number of carbonyl (C=O) groups excluding carboxylic acids is 1. The van der Waals surface area contributed by atoms with E-state index in [2.05, 4.69) is 34.6 Å². The predicted octanol–water partition coefficient (Wildman–Crippen LogP) is 5.38. The minimum absolute atomic E-state index is 0.00463. The van der Waals surface area contributed by atoms with Gasteiger partial charge in [-0.05, 0) is 68.0 Å². The average molecular weight is 434 g/mol. The lowest BCUT2D eigenvalue weighted by atomic mass is 10.0. The molecule has 0 saturated heterocycles. The molecule has 1 aromatic heterocycles. The van der Waals surface area contributed by atoms with Crippen LogP contribution in [-0.2, 0) is 17.6 Å². The molecule has 0 bridgehead atoms. The monoisotopic (exact) mass is 433 g/mol. The molecule has 31 heavy (non-hydrogen) atoms. The highest BCUT2D eigenvalue weighted by atomic mass is 32.1. The lowest BCUT2D eigenvalue weighted by Gasteiger charge is -2.11. The second-order valence-electron chi connectivity index (χ2n) is 7.62.